The number of para-hydroxylation sites is 1. The van der Waals surface area contributed by atoms with E-state index in [-0.39, 0.29) is 5.91 Å². The van der Waals surface area contributed by atoms with E-state index in [1.54, 1.807) is 31.2 Å². The predicted octanol–water partition coefficient (Wildman–Crippen LogP) is 2.99. The third-order valence-electron chi connectivity index (χ3n) is 2.45. The number of unbranched alkanes of at least 4 members (excludes halogenated alkanes) is 1. The molecule has 0 fully saturated rings. The number of carbonyl (C=O) groups excluding carboxylic acids is 2. The van der Waals surface area contributed by atoms with Crippen molar-refractivity contribution in [1.82, 2.24) is 0 Å². The van der Waals surface area contributed by atoms with E-state index in [0.29, 0.717) is 24.3 Å². The van der Waals surface area contributed by atoms with Crippen LogP contribution in [0.25, 0.3) is 0 Å². The van der Waals surface area contributed by atoms with Gasteiger partial charge in [-0.15, -0.1) is 0 Å². The second-order valence-corrected chi connectivity index (χ2v) is 3.92. The number of amides is 1. The van der Waals surface area contributed by atoms with Gasteiger partial charge in [0.05, 0.1) is 17.9 Å². The van der Waals surface area contributed by atoms with Crippen LogP contribution in [0, 0.1) is 0 Å². The number of esters is 1. The zero-order chi connectivity index (χ0) is 13.4. The van der Waals surface area contributed by atoms with E-state index in [2.05, 4.69) is 5.32 Å². The molecule has 0 bridgehead atoms. The number of hydrogen-bond donors (Lipinski definition) is 1. The number of benzene rings is 1. The van der Waals surface area contributed by atoms with E-state index in [1.807, 2.05) is 6.92 Å². The average molecular weight is 249 g/mol. The summed E-state index contributed by atoms with van der Waals surface area (Å²) in [7, 11) is 0. The standard InChI is InChI=1S/C14H19NO3/c1-3-5-10-13(16)15-12-9-7-6-8-11(12)14(17)18-4-2/h6-9H,3-5,10H2,1-2H3,(H,15,16). The van der Waals surface area contributed by atoms with Gasteiger partial charge in [0.25, 0.3) is 0 Å². The Bertz CT molecular complexity index is 415. The molecular weight excluding hydrogens is 230 g/mol. The van der Waals surface area contributed by atoms with Gasteiger partial charge in [0.2, 0.25) is 5.91 Å². The smallest absolute Gasteiger partial charge is 0.340 e. The van der Waals surface area contributed by atoms with Crippen molar-refractivity contribution >= 4 is 17.6 Å². The fourth-order valence-corrected chi connectivity index (χ4v) is 1.53. The van der Waals surface area contributed by atoms with Crippen molar-refractivity contribution in [3.8, 4) is 0 Å². The molecule has 0 aromatic heterocycles. The Kier molecular flexibility index (Phi) is 5.91. The quantitative estimate of drug-likeness (QED) is 0.788. The van der Waals surface area contributed by atoms with Gasteiger partial charge in [-0.1, -0.05) is 25.5 Å². The molecule has 98 valence electrons. The largest absolute Gasteiger partial charge is 0.462 e. The van der Waals surface area contributed by atoms with Gasteiger partial charge < -0.3 is 10.1 Å². The highest BCUT2D eigenvalue weighted by Gasteiger charge is 2.13. The Hall–Kier alpha value is -1.84. The van der Waals surface area contributed by atoms with Crippen LogP contribution in [0.4, 0.5) is 5.69 Å². The minimum atomic E-state index is -0.413. The van der Waals surface area contributed by atoms with Crippen molar-refractivity contribution < 1.29 is 14.3 Å². The van der Waals surface area contributed by atoms with E-state index in [9.17, 15) is 9.59 Å². The topological polar surface area (TPSA) is 55.4 Å². The molecule has 1 aromatic rings. The molecule has 0 unspecified atom stereocenters. The molecule has 0 aliphatic rings. The Morgan fingerprint density at radius 2 is 1.94 bits per heavy atom. The number of anilines is 1. The number of carbonyl (C=O) groups is 2. The Balaban J connectivity index is 2.76. The molecule has 4 heteroatoms. The lowest BCUT2D eigenvalue weighted by Gasteiger charge is -2.09. The Morgan fingerprint density at radius 3 is 2.61 bits per heavy atom. The molecule has 18 heavy (non-hydrogen) atoms. The SMILES string of the molecule is CCCCC(=O)Nc1ccccc1C(=O)OCC. The molecule has 0 saturated heterocycles. The third kappa shape index (κ3) is 4.20. The highest BCUT2D eigenvalue weighted by molar-refractivity contribution is 6.01. The van der Waals surface area contributed by atoms with E-state index < -0.39 is 5.97 Å². The van der Waals surface area contributed by atoms with E-state index >= 15 is 0 Å². The zero-order valence-corrected chi connectivity index (χ0v) is 10.9. The summed E-state index contributed by atoms with van der Waals surface area (Å²) in [5, 5.41) is 2.74. The zero-order valence-electron chi connectivity index (χ0n) is 10.9. The second kappa shape index (κ2) is 7.48. The molecule has 1 amide bonds. The maximum absolute atomic E-state index is 11.7. The fraction of sp³-hybridized carbons (Fsp3) is 0.429. The van der Waals surface area contributed by atoms with Crippen molar-refractivity contribution in [1.29, 1.82) is 0 Å². The number of hydrogen-bond acceptors (Lipinski definition) is 3. The van der Waals surface area contributed by atoms with Gasteiger partial charge in [-0.3, -0.25) is 4.79 Å². The molecule has 0 radical (unpaired) electrons. The van der Waals surface area contributed by atoms with Gasteiger partial charge in [-0.25, -0.2) is 4.79 Å². The highest BCUT2D eigenvalue weighted by Crippen LogP contribution is 2.16. The van der Waals surface area contributed by atoms with E-state index in [1.165, 1.54) is 0 Å². The highest BCUT2D eigenvalue weighted by atomic mass is 16.5. The Labute approximate surface area is 107 Å². The lowest BCUT2D eigenvalue weighted by atomic mass is 10.1. The minimum absolute atomic E-state index is 0.0754. The van der Waals surface area contributed by atoms with Crippen LogP contribution in [-0.2, 0) is 9.53 Å². The van der Waals surface area contributed by atoms with Crippen LogP contribution in [-0.4, -0.2) is 18.5 Å². The number of nitrogens with one attached hydrogen (secondary N) is 1. The molecule has 4 nitrogen and oxygen atoms in total. The summed E-state index contributed by atoms with van der Waals surface area (Å²) >= 11 is 0. The molecule has 0 aliphatic heterocycles. The summed E-state index contributed by atoms with van der Waals surface area (Å²) in [6.07, 6.45) is 2.27. The summed E-state index contributed by atoms with van der Waals surface area (Å²) in [5.41, 5.74) is 0.904. The molecule has 1 N–H and O–H groups in total. The number of rotatable bonds is 6. The van der Waals surface area contributed by atoms with Crippen molar-refractivity contribution in [3.63, 3.8) is 0 Å². The first-order valence-corrected chi connectivity index (χ1v) is 6.25. The number of ether oxygens (including phenoxy) is 1. The van der Waals surface area contributed by atoms with Crippen LogP contribution in [0.2, 0.25) is 0 Å². The first-order valence-electron chi connectivity index (χ1n) is 6.25. The lowest BCUT2D eigenvalue weighted by Crippen LogP contribution is -2.15. The minimum Gasteiger partial charge on any atom is -0.462 e. The van der Waals surface area contributed by atoms with Crippen molar-refractivity contribution in [3.05, 3.63) is 29.8 Å². The average Bonchev–Trinajstić information content (AvgIpc) is 2.37. The van der Waals surface area contributed by atoms with Gasteiger partial charge in [0.15, 0.2) is 0 Å². The second-order valence-electron chi connectivity index (χ2n) is 3.92. The summed E-state index contributed by atoms with van der Waals surface area (Å²) in [6, 6.07) is 6.87. The van der Waals surface area contributed by atoms with Gasteiger partial charge in [-0.05, 0) is 25.5 Å². The predicted molar refractivity (Wildman–Crippen MR) is 70.6 cm³/mol. The Morgan fingerprint density at radius 1 is 1.22 bits per heavy atom. The fourth-order valence-electron chi connectivity index (χ4n) is 1.53. The van der Waals surface area contributed by atoms with Crippen molar-refractivity contribution in [2.75, 3.05) is 11.9 Å². The third-order valence-corrected chi connectivity index (χ3v) is 2.45. The van der Waals surface area contributed by atoms with Gasteiger partial charge in [0, 0.05) is 6.42 Å². The molecule has 0 saturated carbocycles. The summed E-state index contributed by atoms with van der Waals surface area (Å²) in [5.74, 6) is -0.488. The van der Waals surface area contributed by atoms with E-state index in [0.717, 1.165) is 12.8 Å². The first-order chi connectivity index (χ1) is 8.69. The monoisotopic (exact) mass is 249 g/mol. The van der Waals surface area contributed by atoms with Crippen LogP contribution in [0.1, 0.15) is 43.5 Å². The van der Waals surface area contributed by atoms with Crippen LogP contribution in [0.3, 0.4) is 0 Å². The van der Waals surface area contributed by atoms with Crippen molar-refractivity contribution in [2.45, 2.75) is 33.1 Å². The van der Waals surface area contributed by atoms with Gasteiger partial charge in [-0.2, -0.15) is 0 Å². The van der Waals surface area contributed by atoms with Gasteiger partial charge in [0.1, 0.15) is 0 Å². The summed E-state index contributed by atoms with van der Waals surface area (Å²) in [6.45, 7) is 4.09. The molecule has 0 aliphatic carbocycles. The summed E-state index contributed by atoms with van der Waals surface area (Å²) < 4.78 is 4.94. The van der Waals surface area contributed by atoms with Crippen LogP contribution in [0.15, 0.2) is 24.3 Å². The van der Waals surface area contributed by atoms with Crippen molar-refractivity contribution in [2.24, 2.45) is 0 Å². The van der Waals surface area contributed by atoms with Crippen LogP contribution in [0.5, 0.6) is 0 Å². The molecule has 1 aromatic carbocycles. The maximum atomic E-state index is 11.7. The van der Waals surface area contributed by atoms with Crippen LogP contribution < -0.4 is 5.32 Å². The molecule has 0 heterocycles. The van der Waals surface area contributed by atoms with Gasteiger partial charge >= 0.3 is 5.97 Å². The maximum Gasteiger partial charge on any atom is 0.340 e. The molecule has 0 atom stereocenters. The molecular formula is C14H19NO3. The lowest BCUT2D eigenvalue weighted by molar-refractivity contribution is -0.116. The van der Waals surface area contributed by atoms with Crippen LogP contribution >= 0.6 is 0 Å². The molecule has 1 rings (SSSR count). The first kappa shape index (κ1) is 14.2. The van der Waals surface area contributed by atoms with E-state index in [4.69, 9.17) is 4.74 Å². The summed E-state index contributed by atoms with van der Waals surface area (Å²) in [4.78, 5) is 23.3. The molecule has 0 spiro atoms. The normalized spacial score (nSPS) is 9.89.